The Bertz CT molecular complexity index is 340. The normalized spacial score (nSPS) is 12.3. The van der Waals surface area contributed by atoms with Gasteiger partial charge in [0.05, 0.1) is 10.6 Å². The first-order valence-corrected chi connectivity index (χ1v) is 6.58. The summed E-state index contributed by atoms with van der Waals surface area (Å²) in [7, 11) is 0. The molecule has 1 unspecified atom stereocenters. The Morgan fingerprint density at radius 1 is 1.50 bits per heavy atom. The van der Waals surface area contributed by atoms with E-state index in [9.17, 15) is 0 Å². The molecule has 0 aliphatic carbocycles. The fraction of sp³-hybridized carbons (Fsp3) is 0.667. The Labute approximate surface area is 102 Å². The minimum absolute atomic E-state index is 0.322. The first-order valence-electron chi connectivity index (χ1n) is 5.81. The number of nitrogens with one attached hydrogen (secondary N) is 1. The second-order valence-corrected chi connectivity index (χ2v) is 4.47. The first-order chi connectivity index (χ1) is 7.83. The van der Waals surface area contributed by atoms with Gasteiger partial charge in [-0.1, -0.05) is 24.8 Å². The summed E-state index contributed by atoms with van der Waals surface area (Å²) >= 11 is 1.50. The van der Waals surface area contributed by atoms with Gasteiger partial charge in [-0.2, -0.15) is 0 Å². The van der Waals surface area contributed by atoms with Crippen molar-refractivity contribution in [3.8, 4) is 12.3 Å². The van der Waals surface area contributed by atoms with Gasteiger partial charge in [-0.3, -0.25) is 0 Å². The minimum Gasteiger partial charge on any atom is -0.309 e. The maximum absolute atomic E-state index is 5.32. The summed E-state index contributed by atoms with van der Waals surface area (Å²) in [4.78, 5) is 1.26. The molecule has 16 heavy (non-hydrogen) atoms. The van der Waals surface area contributed by atoms with E-state index >= 15 is 0 Å². The molecule has 1 aromatic rings. The van der Waals surface area contributed by atoms with Crippen molar-refractivity contribution in [1.29, 1.82) is 0 Å². The fourth-order valence-electron chi connectivity index (χ4n) is 1.69. The van der Waals surface area contributed by atoms with Crippen LogP contribution in [0.1, 0.15) is 49.7 Å². The molecule has 0 amide bonds. The lowest BCUT2D eigenvalue weighted by Gasteiger charge is -2.15. The molecule has 0 aliphatic heterocycles. The molecular formula is C12H19N3S. The van der Waals surface area contributed by atoms with Gasteiger partial charge in [-0.05, 0) is 30.9 Å². The summed E-state index contributed by atoms with van der Waals surface area (Å²) in [5.74, 6) is 2.69. The highest BCUT2D eigenvalue weighted by atomic mass is 32.1. The zero-order valence-corrected chi connectivity index (χ0v) is 10.8. The van der Waals surface area contributed by atoms with Crippen LogP contribution in [-0.4, -0.2) is 16.1 Å². The molecule has 4 heteroatoms. The van der Waals surface area contributed by atoms with Crippen LogP contribution in [0.4, 0.5) is 0 Å². The van der Waals surface area contributed by atoms with E-state index < -0.39 is 0 Å². The molecule has 1 N–H and O–H groups in total. The number of terminal acetylenes is 1. The third kappa shape index (κ3) is 3.58. The Morgan fingerprint density at radius 2 is 2.31 bits per heavy atom. The lowest BCUT2D eigenvalue weighted by Crippen LogP contribution is -2.21. The van der Waals surface area contributed by atoms with Crippen LogP contribution in [0.15, 0.2) is 0 Å². The van der Waals surface area contributed by atoms with Crippen LogP contribution in [0.5, 0.6) is 0 Å². The van der Waals surface area contributed by atoms with Crippen molar-refractivity contribution >= 4 is 11.5 Å². The second kappa shape index (κ2) is 7.37. The van der Waals surface area contributed by atoms with Crippen LogP contribution < -0.4 is 5.32 Å². The highest BCUT2D eigenvalue weighted by molar-refractivity contribution is 7.05. The highest BCUT2D eigenvalue weighted by Crippen LogP contribution is 2.25. The van der Waals surface area contributed by atoms with Gasteiger partial charge in [0.1, 0.15) is 0 Å². The summed E-state index contributed by atoms with van der Waals surface area (Å²) in [5.41, 5.74) is 1.13. The monoisotopic (exact) mass is 237 g/mol. The zero-order valence-electron chi connectivity index (χ0n) is 9.99. The molecule has 0 aliphatic rings. The van der Waals surface area contributed by atoms with Crippen LogP contribution >= 0.6 is 11.5 Å². The Hall–Kier alpha value is -0.920. The fourth-order valence-corrected chi connectivity index (χ4v) is 2.49. The van der Waals surface area contributed by atoms with Crippen LogP contribution in [0.25, 0.3) is 0 Å². The smallest absolute Gasteiger partial charge is 0.0803 e. The summed E-state index contributed by atoms with van der Waals surface area (Å²) < 4.78 is 4.05. The van der Waals surface area contributed by atoms with Crippen molar-refractivity contribution in [1.82, 2.24) is 14.9 Å². The van der Waals surface area contributed by atoms with Crippen molar-refractivity contribution in [3.63, 3.8) is 0 Å². The molecule has 0 saturated heterocycles. The number of nitrogens with zero attached hydrogens (tertiary/aromatic N) is 2. The standard InChI is InChI=1S/C12H19N3S/c1-4-7-9-10(13-6-3)12-11(8-5-2)14-15-16-12/h1,10,13H,5-9H2,2-3H3. The molecule has 1 rings (SSSR count). The summed E-state index contributed by atoms with van der Waals surface area (Å²) in [5, 5.41) is 7.65. The third-order valence-corrected chi connectivity index (χ3v) is 3.30. The van der Waals surface area contributed by atoms with E-state index in [-0.39, 0.29) is 0 Å². The number of hydrogen-bond donors (Lipinski definition) is 1. The molecule has 0 aromatic carbocycles. The van der Waals surface area contributed by atoms with Crippen molar-refractivity contribution in [3.05, 3.63) is 10.6 Å². The van der Waals surface area contributed by atoms with Gasteiger partial charge in [0, 0.05) is 12.5 Å². The SMILES string of the molecule is C#CCCC(NCC)c1snnc1CCC. The van der Waals surface area contributed by atoms with Crippen molar-refractivity contribution in [2.24, 2.45) is 0 Å². The predicted octanol–water partition coefficient (Wildman–Crippen LogP) is 2.55. The average molecular weight is 237 g/mol. The van der Waals surface area contributed by atoms with Crippen molar-refractivity contribution in [2.45, 2.75) is 45.6 Å². The molecule has 3 nitrogen and oxygen atoms in total. The molecule has 0 radical (unpaired) electrons. The van der Waals surface area contributed by atoms with Crippen molar-refractivity contribution < 1.29 is 0 Å². The van der Waals surface area contributed by atoms with E-state index in [1.807, 2.05) is 0 Å². The quantitative estimate of drug-likeness (QED) is 0.741. The Morgan fingerprint density at radius 3 is 2.94 bits per heavy atom. The topological polar surface area (TPSA) is 37.8 Å². The summed E-state index contributed by atoms with van der Waals surface area (Å²) in [6.07, 6.45) is 9.18. The maximum atomic E-state index is 5.32. The minimum atomic E-state index is 0.322. The predicted molar refractivity (Wildman–Crippen MR) is 68.4 cm³/mol. The maximum Gasteiger partial charge on any atom is 0.0803 e. The van der Waals surface area contributed by atoms with Gasteiger partial charge >= 0.3 is 0 Å². The highest BCUT2D eigenvalue weighted by Gasteiger charge is 2.17. The number of rotatable bonds is 7. The number of hydrogen-bond acceptors (Lipinski definition) is 4. The molecule has 0 saturated carbocycles. The van der Waals surface area contributed by atoms with Gasteiger partial charge in [-0.15, -0.1) is 17.4 Å². The number of aromatic nitrogens is 2. The molecule has 1 heterocycles. The van der Waals surface area contributed by atoms with E-state index in [1.165, 1.54) is 16.4 Å². The van der Waals surface area contributed by atoms with Crippen LogP contribution in [-0.2, 0) is 6.42 Å². The van der Waals surface area contributed by atoms with E-state index in [1.54, 1.807) is 0 Å². The Balaban J connectivity index is 2.74. The first kappa shape index (κ1) is 13.1. The average Bonchev–Trinajstić information content (AvgIpc) is 2.73. The van der Waals surface area contributed by atoms with E-state index in [0.29, 0.717) is 6.04 Å². The van der Waals surface area contributed by atoms with Crippen LogP contribution in [0, 0.1) is 12.3 Å². The van der Waals surface area contributed by atoms with E-state index in [4.69, 9.17) is 6.42 Å². The lowest BCUT2D eigenvalue weighted by atomic mass is 10.1. The zero-order chi connectivity index (χ0) is 11.8. The van der Waals surface area contributed by atoms with Gasteiger partial charge < -0.3 is 5.32 Å². The molecule has 88 valence electrons. The molecular weight excluding hydrogens is 218 g/mol. The molecule has 0 bridgehead atoms. The van der Waals surface area contributed by atoms with Gasteiger partial charge in [0.15, 0.2) is 0 Å². The van der Waals surface area contributed by atoms with E-state index in [0.717, 1.165) is 37.9 Å². The van der Waals surface area contributed by atoms with Crippen LogP contribution in [0.2, 0.25) is 0 Å². The molecule has 0 fully saturated rings. The molecule has 0 spiro atoms. The Kier molecular flexibility index (Phi) is 6.05. The van der Waals surface area contributed by atoms with Gasteiger partial charge in [0.25, 0.3) is 0 Å². The number of aryl methyl sites for hydroxylation is 1. The summed E-state index contributed by atoms with van der Waals surface area (Å²) in [6, 6.07) is 0.322. The van der Waals surface area contributed by atoms with E-state index in [2.05, 4.69) is 34.7 Å². The molecule has 1 aromatic heterocycles. The van der Waals surface area contributed by atoms with Crippen molar-refractivity contribution in [2.75, 3.05) is 6.54 Å². The lowest BCUT2D eigenvalue weighted by molar-refractivity contribution is 0.525. The molecule has 1 atom stereocenters. The van der Waals surface area contributed by atoms with Gasteiger partial charge in [0.2, 0.25) is 0 Å². The summed E-state index contributed by atoms with van der Waals surface area (Å²) in [6.45, 7) is 5.21. The third-order valence-electron chi connectivity index (χ3n) is 2.42. The second-order valence-electron chi connectivity index (χ2n) is 3.69. The van der Waals surface area contributed by atoms with Crippen LogP contribution in [0.3, 0.4) is 0 Å². The van der Waals surface area contributed by atoms with Gasteiger partial charge in [-0.25, -0.2) is 0 Å². The largest absolute Gasteiger partial charge is 0.309 e.